The first kappa shape index (κ1) is 17.4. The summed E-state index contributed by atoms with van der Waals surface area (Å²) in [7, 11) is 0. The maximum Gasteiger partial charge on any atom is 0.322 e. The van der Waals surface area contributed by atoms with Crippen LogP contribution in [0, 0.1) is 0 Å². The van der Waals surface area contributed by atoms with Crippen LogP contribution in [0.2, 0.25) is 0 Å². The molecule has 5 nitrogen and oxygen atoms in total. The van der Waals surface area contributed by atoms with Crippen LogP contribution in [-0.4, -0.2) is 42.2 Å². The lowest BCUT2D eigenvalue weighted by molar-refractivity contribution is -0.124. The molecule has 0 bridgehead atoms. The third kappa shape index (κ3) is 4.76. The highest BCUT2D eigenvalue weighted by atomic mass is 32.2. The number of nitrogens with zero attached hydrogens (tertiary/aromatic N) is 1. The average molecular weight is 355 g/mol. The van der Waals surface area contributed by atoms with Gasteiger partial charge in [0.05, 0.1) is 6.04 Å². The number of amides is 3. The van der Waals surface area contributed by atoms with E-state index in [1.54, 1.807) is 16.7 Å². The Balaban J connectivity index is 1.64. The van der Waals surface area contributed by atoms with Crippen LogP contribution >= 0.6 is 11.8 Å². The summed E-state index contributed by atoms with van der Waals surface area (Å²) in [6.07, 6.45) is 2.70. The van der Waals surface area contributed by atoms with E-state index in [9.17, 15) is 9.59 Å². The molecular formula is C19H21N3O2S. The number of benzene rings is 2. The number of hydrogen-bond acceptors (Lipinski definition) is 3. The summed E-state index contributed by atoms with van der Waals surface area (Å²) in [4.78, 5) is 27.2. The molecule has 0 saturated carbocycles. The molecule has 1 heterocycles. The van der Waals surface area contributed by atoms with Crippen molar-refractivity contribution in [2.24, 2.45) is 0 Å². The van der Waals surface area contributed by atoms with Crippen molar-refractivity contribution in [3.63, 3.8) is 0 Å². The molecule has 6 heteroatoms. The number of urea groups is 1. The lowest BCUT2D eigenvalue weighted by Crippen LogP contribution is -2.57. The number of thioether (sulfide) groups is 1. The Bertz CT molecular complexity index is 751. The number of piperazine rings is 1. The molecule has 2 aromatic rings. The summed E-state index contributed by atoms with van der Waals surface area (Å²) < 4.78 is 0. The minimum atomic E-state index is -0.244. The van der Waals surface area contributed by atoms with Gasteiger partial charge < -0.3 is 15.5 Å². The summed E-state index contributed by atoms with van der Waals surface area (Å²) in [5.74, 6) is -0.125. The molecule has 2 N–H and O–H groups in total. The summed E-state index contributed by atoms with van der Waals surface area (Å²) in [5, 5.41) is 5.85. The lowest BCUT2D eigenvalue weighted by Gasteiger charge is -2.33. The van der Waals surface area contributed by atoms with Crippen LogP contribution < -0.4 is 10.6 Å². The average Bonchev–Trinajstić information content (AvgIpc) is 2.62. The molecule has 0 unspecified atom stereocenters. The van der Waals surface area contributed by atoms with Gasteiger partial charge in [-0.05, 0) is 36.4 Å². The number of rotatable bonds is 4. The van der Waals surface area contributed by atoms with Crippen LogP contribution in [0.1, 0.15) is 5.56 Å². The fourth-order valence-electron chi connectivity index (χ4n) is 2.90. The van der Waals surface area contributed by atoms with Gasteiger partial charge in [-0.3, -0.25) is 4.79 Å². The quantitative estimate of drug-likeness (QED) is 0.829. The second-order valence-corrected chi connectivity index (χ2v) is 6.88. The highest BCUT2D eigenvalue weighted by Crippen LogP contribution is 2.19. The van der Waals surface area contributed by atoms with E-state index in [0.717, 1.165) is 16.1 Å². The van der Waals surface area contributed by atoms with E-state index in [-0.39, 0.29) is 24.5 Å². The Labute approximate surface area is 151 Å². The van der Waals surface area contributed by atoms with Gasteiger partial charge in [-0.15, -0.1) is 11.8 Å². The van der Waals surface area contributed by atoms with E-state index in [1.807, 2.05) is 60.9 Å². The molecule has 0 aromatic heterocycles. The van der Waals surface area contributed by atoms with Gasteiger partial charge in [-0.25, -0.2) is 4.79 Å². The maximum absolute atomic E-state index is 12.5. The summed E-state index contributed by atoms with van der Waals surface area (Å²) in [6, 6.07) is 17.3. The molecule has 0 spiro atoms. The van der Waals surface area contributed by atoms with Crippen molar-refractivity contribution in [3.05, 3.63) is 60.2 Å². The lowest BCUT2D eigenvalue weighted by atomic mass is 10.0. The van der Waals surface area contributed by atoms with Crippen molar-refractivity contribution in [1.82, 2.24) is 10.2 Å². The van der Waals surface area contributed by atoms with Crippen molar-refractivity contribution in [3.8, 4) is 0 Å². The normalized spacial score (nSPS) is 17.1. The molecule has 0 aliphatic carbocycles. The number of nitrogens with one attached hydrogen (secondary N) is 2. The Morgan fingerprint density at radius 1 is 1.24 bits per heavy atom. The van der Waals surface area contributed by atoms with E-state index in [1.165, 1.54) is 0 Å². The van der Waals surface area contributed by atoms with Gasteiger partial charge in [0.25, 0.3) is 0 Å². The molecule has 0 radical (unpaired) electrons. The molecule has 1 aliphatic heterocycles. The standard InChI is InChI=1S/C19H21N3O2S/c1-25-17-9-5-8-15(11-17)21-19(24)22-12-16(20-18(23)13-22)10-14-6-3-2-4-7-14/h2-9,11,16H,10,12-13H2,1H3,(H,20,23)(H,21,24)/t16-/m0/s1. The topological polar surface area (TPSA) is 61.4 Å². The second kappa shape index (κ2) is 8.07. The Morgan fingerprint density at radius 3 is 2.80 bits per heavy atom. The van der Waals surface area contributed by atoms with E-state index < -0.39 is 0 Å². The zero-order valence-electron chi connectivity index (χ0n) is 14.1. The fraction of sp³-hybridized carbons (Fsp3) is 0.263. The zero-order chi connectivity index (χ0) is 17.6. The van der Waals surface area contributed by atoms with E-state index in [0.29, 0.717) is 13.0 Å². The third-order valence-corrected chi connectivity index (χ3v) is 4.80. The van der Waals surface area contributed by atoms with Crippen molar-refractivity contribution >= 4 is 29.4 Å². The number of hydrogen-bond donors (Lipinski definition) is 2. The van der Waals surface area contributed by atoms with Gasteiger partial charge in [0.2, 0.25) is 5.91 Å². The van der Waals surface area contributed by atoms with Gasteiger partial charge in [0, 0.05) is 17.1 Å². The van der Waals surface area contributed by atoms with Crippen molar-refractivity contribution in [2.45, 2.75) is 17.4 Å². The molecule has 3 rings (SSSR count). The molecule has 2 aromatic carbocycles. The Morgan fingerprint density at radius 2 is 2.04 bits per heavy atom. The molecule has 3 amide bonds. The largest absolute Gasteiger partial charge is 0.350 e. The van der Waals surface area contributed by atoms with Gasteiger partial charge in [-0.1, -0.05) is 36.4 Å². The number of carbonyl (C=O) groups is 2. The van der Waals surface area contributed by atoms with Gasteiger partial charge in [0.15, 0.2) is 0 Å². The molecule has 1 saturated heterocycles. The summed E-state index contributed by atoms with van der Waals surface area (Å²) in [5.41, 5.74) is 1.88. The predicted octanol–water partition coefficient (Wildman–Crippen LogP) is 2.98. The van der Waals surface area contributed by atoms with Crippen LogP contribution in [-0.2, 0) is 11.2 Å². The second-order valence-electron chi connectivity index (χ2n) is 6.00. The predicted molar refractivity (Wildman–Crippen MR) is 101 cm³/mol. The van der Waals surface area contributed by atoms with Crippen LogP contribution in [0.4, 0.5) is 10.5 Å². The minimum absolute atomic E-state index is 0.0769. The molecule has 1 aliphatic rings. The summed E-state index contributed by atoms with van der Waals surface area (Å²) in [6.45, 7) is 0.577. The number of carbonyl (C=O) groups excluding carboxylic acids is 2. The van der Waals surface area contributed by atoms with Crippen molar-refractivity contribution < 1.29 is 9.59 Å². The van der Waals surface area contributed by atoms with Crippen molar-refractivity contribution in [2.75, 3.05) is 24.7 Å². The number of anilines is 1. The van der Waals surface area contributed by atoms with Crippen LogP contribution in [0.25, 0.3) is 0 Å². The molecule has 25 heavy (non-hydrogen) atoms. The first-order chi connectivity index (χ1) is 12.1. The molecule has 130 valence electrons. The SMILES string of the molecule is CSc1cccc(NC(=O)N2CC(=O)N[C@@H](Cc3ccccc3)C2)c1. The molecule has 1 atom stereocenters. The minimum Gasteiger partial charge on any atom is -0.350 e. The van der Waals surface area contributed by atoms with Crippen LogP contribution in [0.15, 0.2) is 59.5 Å². The van der Waals surface area contributed by atoms with Gasteiger partial charge in [-0.2, -0.15) is 0 Å². The molecule has 1 fully saturated rings. The Kier molecular flexibility index (Phi) is 5.60. The third-order valence-electron chi connectivity index (χ3n) is 4.07. The Hall–Kier alpha value is -2.47. The summed E-state index contributed by atoms with van der Waals surface area (Å²) >= 11 is 1.62. The maximum atomic E-state index is 12.5. The van der Waals surface area contributed by atoms with Crippen molar-refractivity contribution in [1.29, 1.82) is 0 Å². The van der Waals surface area contributed by atoms with Gasteiger partial charge in [0.1, 0.15) is 6.54 Å². The smallest absolute Gasteiger partial charge is 0.322 e. The van der Waals surface area contributed by atoms with Gasteiger partial charge >= 0.3 is 6.03 Å². The fourth-order valence-corrected chi connectivity index (χ4v) is 3.35. The van der Waals surface area contributed by atoms with Crippen LogP contribution in [0.5, 0.6) is 0 Å². The van der Waals surface area contributed by atoms with E-state index in [2.05, 4.69) is 10.6 Å². The first-order valence-corrected chi connectivity index (χ1v) is 9.40. The van der Waals surface area contributed by atoms with E-state index in [4.69, 9.17) is 0 Å². The highest BCUT2D eigenvalue weighted by molar-refractivity contribution is 7.98. The first-order valence-electron chi connectivity index (χ1n) is 8.17. The monoisotopic (exact) mass is 355 g/mol. The zero-order valence-corrected chi connectivity index (χ0v) is 14.9. The molecular weight excluding hydrogens is 334 g/mol. The highest BCUT2D eigenvalue weighted by Gasteiger charge is 2.28. The van der Waals surface area contributed by atoms with E-state index >= 15 is 0 Å². The van der Waals surface area contributed by atoms with Crippen LogP contribution in [0.3, 0.4) is 0 Å².